The summed E-state index contributed by atoms with van der Waals surface area (Å²) < 4.78 is 0. The molecule has 1 aliphatic rings. The van der Waals surface area contributed by atoms with E-state index in [0.29, 0.717) is 6.54 Å². The van der Waals surface area contributed by atoms with Crippen molar-refractivity contribution in [2.75, 3.05) is 6.54 Å². The fourth-order valence-electron chi connectivity index (χ4n) is 2.33. The van der Waals surface area contributed by atoms with Crippen LogP contribution in [-0.2, 0) is 9.59 Å². The van der Waals surface area contributed by atoms with E-state index in [1.165, 1.54) is 17.7 Å². The van der Waals surface area contributed by atoms with E-state index in [1.807, 2.05) is 0 Å². The molecule has 1 fully saturated rings. The summed E-state index contributed by atoms with van der Waals surface area (Å²) in [6.07, 6.45) is 15.1. The van der Waals surface area contributed by atoms with E-state index >= 15 is 0 Å². The van der Waals surface area contributed by atoms with E-state index in [4.69, 9.17) is 12.2 Å². The molecular weight excluding hydrogens is 308 g/mol. The maximum Gasteiger partial charge on any atom is 0.265 e. The number of rotatable bonds is 10. The van der Waals surface area contributed by atoms with Crippen LogP contribution in [0.2, 0.25) is 0 Å². The number of hydrogen-bond acceptors (Lipinski definition) is 3. The average molecular weight is 334 g/mol. The summed E-state index contributed by atoms with van der Waals surface area (Å²) in [6.45, 7) is 6.04. The Bertz CT molecular complexity index is 509. The van der Waals surface area contributed by atoms with Gasteiger partial charge in [0.25, 0.3) is 11.8 Å². The Balaban J connectivity index is 2.38. The molecule has 1 heterocycles. The average Bonchev–Trinajstić information content (AvgIpc) is 2.52. The molecule has 0 bridgehead atoms. The minimum absolute atomic E-state index is 0.150. The molecule has 23 heavy (non-hydrogen) atoms. The van der Waals surface area contributed by atoms with E-state index in [-0.39, 0.29) is 16.6 Å². The van der Waals surface area contributed by atoms with Crippen molar-refractivity contribution in [1.29, 1.82) is 0 Å². The molecule has 1 saturated heterocycles. The highest BCUT2D eigenvalue weighted by Gasteiger charge is 2.32. The summed E-state index contributed by atoms with van der Waals surface area (Å²) in [6, 6.07) is 0. The Morgan fingerprint density at radius 2 is 1.83 bits per heavy atom. The minimum Gasteiger partial charge on any atom is -0.298 e. The van der Waals surface area contributed by atoms with Gasteiger partial charge in [0.1, 0.15) is 5.57 Å². The first-order valence-corrected chi connectivity index (χ1v) is 8.65. The van der Waals surface area contributed by atoms with Gasteiger partial charge in [0, 0.05) is 6.54 Å². The van der Waals surface area contributed by atoms with Gasteiger partial charge in [0.05, 0.1) is 0 Å². The number of thiocarbonyl (C=S) groups is 1. The van der Waals surface area contributed by atoms with Gasteiger partial charge in [-0.25, -0.2) is 0 Å². The monoisotopic (exact) mass is 334 g/mol. The summed E-state index contributed by atoms with van der Waals surface area (Å²) in [5, 5.41) is 2.70. The number of hydrogen-bond donors (Lipinski definition) is 1. The topological polar surface area (TPSA) is 49.4 Å². The van der Waals surface area contributed by atoms with Gasteiger partial charge in [-0.05, 0) is 44.3 Å². The standard InChI is InChI=1S/C18H26N2O2S/c1-3-5-6-7-8-9-10-11-12-13-15-16(21)19-18(23)20(14-4-2)17(15)22/h4-6,13H,2-3,7-12,14H2,1H3,(H,19,21,23)/b6-5+,15-13+. The molecule has 1 N–H and O–H groups in total. The van der Waals surface area contributed by atoms with Crippen LogP contribution in [0.5, 0.6) is 0 Å². The van der Waals surface area contributed by atoms with Crippen molar-refractivity contribution in [3.63, 3.8) is 0 Å². The van der Waals surface area contributed by atoms with Crippen LogP contribution in [0.3, 0.4) is 0 Å². The van der Waals surface area contributed by atoms with E-state index in [1.54, 1.807) is 12.2 Å². The fourth-order valence-corrected chi connectivity index (χ4v) is 2.58. The Morgan fingerprint density at radius 1 is 1.13 bits per heavy atom. The van der Waals surface area contributed by atoms with Gasteiger partial charge < -0.3 is 0 Å². The summed E-state index contributed by atoms with van der Waals surface area (Å²) in [7, 11) is 0. The van der Waals surface area contributed by atoms with Crippen LogP contribution in [0.15, 0.2) is 36.5 Å². The third-order valence-corrected chi connectivity index (χ3v) is 3.90. The molecule has 1 aliphatic heterocycles. The molecule has 0 aromatic rings. The maximum atomic E-state index is 12.3. The summed E-state index contributed by atoms with van der Waals surface area (Å²) in [5.74, 6) is -0.728. The zero-order chi connectivity index (χ0) is 17.1. The Hall–Kier alpha value is -1.75. The van der Waals surface area contributed by atoms with Crippen LogP contribution in [0.1, 0.15) is 51.9 Å². The summed E-state index contributed by atoms with van der Waals surface area (Å²) in [5.41, 5.74) is 0.186. The number of allylic oxidation sites excluding steroid dienone is 3. The normalized spacial score (nSPS) is 17.2. The lowest BCUT2D eigenvalue weighted by atomic mass is 10.1. The quantitative estimate of drug-likeness (QED) is 0.218. The van der Waals surface area contributed by atoms with Crippen molar-refractivity contribution in [1.82, 2.24) is 10.2 Å². The van der Waals surface area contributed by atoms with Gasteiger partial charge in [0.2, 0.25) is 0 Å². The van der Waals surface area contributed by atoms with Crippen LogP contribution in [-0.4, -0.2) is 28.4 Å². The molecule has 4 nitrogen and oxygen atoms in total. The van der Waals surface area contributed by atoms with Crippen molar-refractivity contribution < 1.29 is 9.59 Å². The lowest BCUT2D eigenvalue weighted by molar-refractivity contribution is -0.128. The lowest BCUT2D eigenvalue weighted by Gasteiger charge is -2.27. The van der Waals surface area contributed by atoms with Gasteiger partial charge in [-0.2, -0.15) is 0 Å². The number of carbonyl (C=O) groups excluding carboxylic acids is 2. The van der Waals surface area contributed by atoms with Crippen LogP contribution in [0, 0.1) is 0 Å². The van der Waals surface area contributed by atoms with Crippen LogP contribution in [0.25, 0.3) is 0 Å². The highest BCUT2D eigenvalue weighted by molar-refractivity contribution is 7.80. The second-order valence-corrected chi connectivity index (χ2v) is 5.84. The lowest BCUT2D eigenvalue weighted by Crippen LogP contribution is -2.53. The van der Waals surface area contributed by atoms with Crippen molar-refractivity contribution in [2.45, 2.75) is 51.9 Å². The highest BCUT2D eigenvalue weighted by atomic mass is 32.1. The van der Waals surface area contributed by atoms with E-state index in [0.717, 1.165) is 32.1 Å². The molecule has 0 aliphatic carbocycles. The first kappa shape index (κ1) is 19.3. The van der Waals surface area contributed by atoms with Crippen LogP contribution >= 0.6 is 12.2 Å². The predicted molar refractivity (Wildman–Crippen MR) is 97.9 cm³/mol. The maximum absolute atomic E-state index is 12.3. The SMILES string of the molecule is C=CCN1C(=O)/C(=C/CCCCCC/C=C/CC)C(=O)NC1=S. The summed E-state index contributed by atoms with van der Waals surface area (Å²) in [4.78, 5) is 25.5. The molecule has 0 aromatic heterocycles. The molecule has 0 aromatic carbocycles. The van der Waals surface area contributed by atoms with Crippen molar-refractivity contribution in [3.8, 4) is 0 Å². The second kappa shape index (κ2) is 10.9. The number of nitrogens with zero attached hydrogens (tertiary/aromatic N) is 1. The van der Waals surface area contributed by atoms with Gasteiger partial charge in [-0.3, -0.25) is 19.8 Å². The molecule has 5 heteroatoms. The van der Waals surface area contributed by atoms with E-state index in [2.05, 4.69) is 31.0 Å². The predicted octanol–water partition coefficient (Wildman–Crippen LogP) is 3.65. The number of nitrogens with one attached hydrogen (secondary N) is 1. The molecule has 0 saturated carbocycles. The van der Waals surface area contributed by atoms with Gasteiger partial charge in [-0.1, -0.05) is 44.1 Å². The van der Waals surface area contributed by atoms with Crippen LogP contribution in [0.4, 0.5) is 0 Å². The molecule has 126 valence electrons. The smallest absolute Gasteiger partial charge is 0.265 e. The molecule has 0 unspecified atom stereocenters. The minimum atomic E-state index is -0.398. The Labute approximate surface area is 144 Å². The third kappa shape index (κ3) is 6.48. The molecule has 1 rings (SSSR count). The Kier molecular flexibility index (Phi) is 9.14. The van der Waals surface area contributed by atoms with Crippen LogP contribution < -0.4 is 5.32 Å². The van der Waals surface area contributed by atoms with Gasteiger partial charge in [-0.15, -0.1) is 6.58 Å². The summed E-state index contributed by atoms with van der Waals surface area (Å²) >= 11 is 5.01. The number of unbranched alkanes of at least 4 members (excludes halogenated alkanes) is 5. The van der Waals surface area contributed by atoms with Gasteiger partial charge in [0.15, 0.2) is 5.11 Å². The number of amides is 2. The fraction of sp³-hybridized carbons (Fsp3) is 0.500. The van der Waals surface area contributed by atoms with Crippen molar-refractivity contribution in [3.05, 3.63) is 36.5 Å². The van der Waals surface area contributed by atoms with E-state index in [9.17, 15) is 9.59 Å². The highest BCUT2D eigenvalue weighted by Crippen LogP contribution is 2.13. The molecular formula is C18H26N2O2S. The zero-order valence-corrected chi connectivity index (χ0v) is 14.7. The van der Waals surface area contributed by atoms with Gasteiger partial charge >= 0.3 is 0 Å². The first-order chi connectivity index (χ1) is 11.1. The largest absolute Gasteiger partial charge is 0.298 e. The zero-order valence-electron chi connectivity index (χ0n) is 13.8. The van der Waals surface area contributed by atoms with Crippen molar-refractivity contribution >= 4 is 29.1 Å². The first-order valence-electron chi connectivity index (χ1n) is 8.25. The molecule has 0 spiro atoms. The van der Waals surface area contributed by atoms with Crippen molar-refractivity contribution in [2.24, 2.45) is 0 Å². The second-order valence-electron chi connectivity index (χ2n) is 5.45. The number of carbonyl (C=O) groups is 2. The third-order valence-electron chi connectivity index (χ3n) is 3.57. The Morgan fingerprint density at radius 3 is 2.48 bits per heavy atom. The van der Waals surface area contributed by atoms with E-state index < -0.39 is 5.91 Å². The molecule has 2 amide bonds. The molecule has 0 radical (unpaired) electrons. The molecule has 0 atom stereocenters.